The fraction of sp³-hybridized carbons (Fsp3) is 0.364. The number of amides is 1. The van der Waals surface area contributed by atoms with Gasteiger partial charge in [0.15, 0.2) is 0 Å². The van der Waals surface area contributed by atoms with Gasteiger partial charge in [-0.1, -0.05) is 36.4 Å². The summed E-state index contributed by atoms with van der Waals surface area (Å²) in [4.78, 5) is 16.0. The molecule has 0 unspecified atom stereocenters. The molecule has 0 bridgehead atoms. The summed E-state index contributed by atoms with van der Waals surface area (Å²) in [6, 6.07) is 12.7. The van der Waals surface area contributed by atoms with Crippen molar-refractivity contribution in [2.24, 2.45) is 0 Å². The number of thiophene rings is 1. The molecule has 1 amide bonds. The van der Waals surface area contributed by atoms with Gasteiger partial charge in [-0.15, -0.1) is 11.3 Å². The van der Waals surface area contributed by atoms with Crippen LogP contribution in [0.2, 0.25) is 0 Å². The first-order valence-corrected chi connectivity index (χ1v) is 10.4. The third-order valence-corrected chi connectivity index (χ3v) is 6.55. The normalized spacial score (nSPS) is 16.9. The molecule has 4 nitrogen and oxygen atoms in total. The maximum absolute atomic E-state index is 12.5. The van der Waals surface area contributed by atoms with E-state index in [-0.39, 0.29) is 5.91 Å². The van der Waals surface area contributed by atoms with Crippen molar-refractivity contribution in [1.29, 1.82) is 5.26 Å². The molecule has 4 rings (SSSR count). The van der Waals surface area contributed by atoms with Crippen molar-refractivity contribution in [3.8, 4) is 6.07 Å². The van der Waals surface area contributed by atoms with E-state index in [2.05, 4.69) is 46.6 Å². The van der Waals surface area contributed by atoms with Crippen LogP contribution in [-0.4, -0.2) is 30.4 Å². The Labute approximate surface area is 164 Å². The molecule has 0 spiro atoms. The Kier molecular flexibility index (Phi) is 5.38. The summed E-state index contributed by atoms with van der Waals surface area (Å²) in [5, 5.41) is 13.3. The monoisotopic (exact) mass is 377 g/mol. The zero-order valence-electron chi connectivity index (χ0n) is 15.3. The number of nitriles is 1. The van der Waals surface area contributed by atoms with E-state index in [1.807, 2.05) is 6.07 Å². The number of hydrogen-bond acceptors (Lipinski definition) is 4. The van der Waals surface area contributed by atoms with Crippen LogP contribution in [0.5, 0.6) is 0 Å². The molecule has 138 valence electrons. The maximum Gasteiger partial charge on any atom is 0.239 e. The van der Waals surface area contributed by atoms with E-state index in [1.165, 1.54) is 22.4 Å². The smallest absolute Gasteiger partial charge is 0.239 e. The van der Waals surface area contributed by atoms with Crippen LogP contribution < -0.4 is 5.32 Å². The summed E-state index contributed by atoms with van der Waals surface area (Å²) in [7, 11) is 0. The lowest BCUT2D eigenvalue weighted by molar-refractivity contribution is -0.117. The van der Waals surface area contributed by atoms with Gasteiger partial charge in [-0.05, 0) is 48.8 Å². The minimum absolute atomic E-state index is 0.0262. The Morgan fingerprint density at radius 1 is 1.19 bits per heavy atom. The van der Waals surface area contributed by atoms with Gasteiger partial charge in [0.25, 0.3) is 0 Å². The van der Waals surface area contributed by atoms with E-state index in [9.17, 15) is 10.1 Å². The molecule has 0 fully saturated rings. The largest absolute Gasteiger partial charge is 0.315 e. The Hall–Kier alpha value is -2.42. The Morgan fingerprint density at radius 3 is 2.74 bits per heavy atom. The molecule has 27 heavy (non-hydrogen) atoms. The molecular formula is C22H23N3OS. The molecule has 2 heterocycles. The number of aryl methyl sites for hydroxylation is 1. The third-order valence-electron chi connectivity index (χ3n) is 5.34. The predicted octanol–water partition coefficient (Wildman–Crippen LogP) is 4.23. The highest BCUT2D eigenvalue weighted by Crippen LogP contribution is 2.37. The first-order valence-electron chi connectivity index (χ1n) is 9.56. The Balaban J connectivity index is 1.38. The fourth-order valence-electron chi connectivity index (χ4n) is 3.91. The highest BCUT2D eigenvalue weighted by molar-refractivity contribution is 7.16. The van der Waals surface area contributed by atoms with E-state index >= 15 is 0 Å². The predicted molar refractivity (Wildman–Crippen MR) is 110 cm³/mol. The highest BCUT2D eigenvalue weighted by Gasteiger charge is 2.22. The summed E-state index contributed by atoms with van der Waals surface area (Å²) in [6.45, 7) is 2.02. The van der Waals surface area contributed by atoms with Crippen LogP contribution in [0.4, 0.5) is 5.00 Å². The number of nitrogens with one attached hydrogen (secondary N) is 1. The second-order valence-electron chi connectivity index (χ2n) is 7.16. The number of hydrogen-bond donors (Lipinski definition) is 1. The lowest BCUT2D eigenvalue weighted by Gasteiger charge is -2.25. The van der Waals surface area contributed by atoms with Crippen molar-refractivity contribution >= 4 is 27.8 Å². The van der Waals surface area contributed by atoms with Crippen molar-refractivity contribution in [3.63, 3.8) is 0 Å². The van der Waals surface area contributed by atoms with Crippen molar-refractivity contribution in [1.82, 2.24) is 4.90 Å². The van der Waals surface area contributed by atoms with Gasteiger partial charge < -0.3 is 5.32 Å². The number of fused-ring (bicyclic) bond motifs is 1. The number of carbonyl (C=O) groups is 1. The van der Waals surface area contributed by atoms with E-state index in [1.54, 1.807) is 11.3 Å². The van der Waals surface area contributed by atoms with Gasteiger partial charge in [-0.3, -0.25) is 9.69 Å². The molecule has 5 heteroatoms. The molecule has 2 aliphatic rings. The lowest BCUT2D eigenvalue weighted by atomic mass is 9.96. The van der Waals surface area contributed by atoms with Crippen LogP contribution in [0.15, 0.2) is 36.4 Å². The summed E-state index contributed by atoms with van der Waals surface area (Å²) < 4.78 is 0. The van der Waals surface area contributed by atoms with Gasteiger partial charge in [0.1, 0.15) is 11.1 Å². The first kappa shape index (κ1) is 18.0. The molecule has 1 aliphatic heterocycles. The van der Waals surface area contributed by atoms with Gasteiger partial charge in [-0.2, -0.15) is 5.26 Å². The molecular weight excluding hydrogens is 354 g/mol. The average Bonchev–Trinajstić information content (AvgIpc) is 3.06. The summed E-state index contributed by atoms with van der Waals surface area (Å²) in [5.74, 6) is -0.0262. The SMILES string of the molecule is N#Cc1c(NC(=O)CN2CC=C(c3ccccc3)CC2)sc2c1CCCC2. The van der Waals surface area contributed by atoms with E-state index in [0.29, 0.717) is 12.1 Å². The van der Waals surface area contributed by atoms with Crippen LogP contribution >= 0.6 is 11.3 Å². The van der Waals surface area contributed by atoms with Gasteiger partial charge >= 0.3 is 0 Å². The number of anilines is 1. The second-order valence-corrected chi connectivity index (χ2v) is 8.26. The minimum atomic E-state index is -0.0262. The van der Waals surface area contributed by atoms with Crippen LogP contribution in [-0.2, 0) is 17.6 Å². The van der Waals surface area contributed by atoms with Crippen molar-refractivity contribution in [2.75, 3.05) is 25.0 Å². The fourth-order valence-corrected chi connectivity index (χ4v) is 5.17. The summed E-state index contributed by atoms with van der Waals surface area (Å²) >= 11 is 1.59. The van der Waals surface area contributed by atoms with E-state index in [4.69, 9.17) is 0 Å². The highest BCUT2D eigenvalue weighted by atomic mass is 32.1. The third kappa shape index (κ3) is 3.97. The van der Waals surface area contributed by atoms with Crippen molar-refractivity contribution in [3.05, 3.63) is 58.0 Å². The van der Waals surface area contributed by atoms with Crippen LogP contribution in [0, 0.1) is 11.3 Å². The van der Waals surface area contributed by atoms with Gasteiger partial charge in [0.05, 0.1) is 12.1 Å². The van der Waals surface area contributed by atoms with Gasteiger partial charge in [0, 0.05) is 18.0 Å². The zero-order valence-corrected chi connectivity index (χ0v) is 16.1. The molecule has 1 N–H and O–H groups in total. The molecule has 0 radical (unpaired) electrons. The van der Waals surface area contributed by atoms with Crippen LogP contribution in [0.3, 0.4) is 0 Å². The van der Waals surface area contributed by atoms with Crippen LogP contribution in [0.1, 0.15) is 40.8 Å². The van der Waals surface area contributed by atoms with Crippen LogP contribution in [0.25, 0.3) is 5.57 Å². The van der Waals surface area contributed by atoms with E-state index < -0.39 is 0 Å². The standard InChI is InChI=1S/C22H23N3OS/c23-14-19-18-8-4-5-9-20(18)27-22(19)24-21(26)15-25-12-10-17(11-13-25)16-6-2-1-3-7-16/h1-3,6-7,10H,4-5,8-9,11-13,15H2,(H,24,26). The molecule has 1 aliphatic carbocycles. The second kappa shape index (κ2) is 8.08. The summed E-state index contributed by atoms with van der Waals surface area (Å²) in [6.07, 6.45) is 7.48. The van der Waals surface area contributed by atoms with Gasteiger partial charge in [-0.25, -0.2) is 0 Å². The maximum atomic E-state index is 12.5. The molecule has 1 aromatic heterocycles. The minimum Gasteiger partial charge on any atom is -0.315 e. The van der Waals surface area contributed by atoms with Crippen molar-refractivity contribution in [2.45, 2.75) is 32.1 Å². The Morgan fingerprint density at radius 2 is 2.00 bits per heavy atom. The zero-order chi connectivity index (χ0) is 18.6. The molecule has 0 saturated heterocycles. The first-order chi connectivity index (χ1) is 13.2. The quantitative estimate of drug-likeness (QED) is 0.868. The summed E-state index contributed by atoms with van der Waals surface area (Å²) in [5.41, 5.74) is 4.47. The van der Waals surface area contributed by atoms with Gasteiger partial charge in [0.2, 0.25) is 5.91 Å². The number of carbonyl (C=O) groups excluding carboxylic acids is 1. The molecule has 2 aromatic rings. The lowest BCUT2D eigenvalue weighted by Crippen LogP contribution is -2.36. The number of benzene rings is 1. The topological polar surface area (TPSA) is 56.1 Å². The molecule has 0 saturated carbocycles. The Bertz CT molecular complexity index is 908. The number of rotatable bonds is 4. The van der Waals surface area contributed by atoms with E-state index in [0.717, 1.165) is 49.3 Å². The molecule has 0 atom stereocenters. The average molecular weight is 378 g/mol. The van der Waals surface area contributed by atoms with Crippen molar-refractivity contribution < 1.29 is 4.79 Å². The number of nitrogens with zero attached hydrogens (tertiary/aromatic N) is 2. The molecule has 1 aromatic carbocycles.